The van der Waals surface area contributed by atoms with Crippen molar-refractivity contribution in [3.8, 4) is 0 Å². The molecule has 1 aromatic heterocycles. The Kier molecular flexibility index (Phi) is 4.53. The maximum atomic E-state index is 13.4. The molecule has 0 radical (unpaired) electrons. The second kappa shape index (κ2) is 6.16. The van der Waals surface area contributed by atoms with E-state index >= 15 is 0 Å². The van der Waals surface area contributed by atoms with Gasteiger partial charge in [0.25, 0.3) is 0 Å². The number of anilines is 1. The lowest BCUT2D eigenvalue weighted by Crippen LogP contribution is -2.01. The molecule has 0 fully saturated rings. The molecule has 2 rings (SSSR count). The summed E-state index contributed by atoms with van der Waals surface area (Å²) in [5, 5.41) is 3.52. The van der Waals surface area contributed by atoms with Gasteiger partial charge in [-0.15, -0.1) is 0 Å². The van der Waals surface area contributed by atoms with Crippen molar-refractivity contribution in [2.24, 2.45) is 5.10 Å². The first kappa shape index (κ1) is 14.7. The van der Waals surface area contributed by atoms with Gasteiger partial charge in [0, 0.05) is 21.9 Å². The second-order valence-corrected chi connectivity index (χ2v) is 4.77. The zero-order valence-corrected chi connectivity index (χ0v) is 11.8. The summed E-state index contributed by atoms with van der Waals surface area (Å²) in [5.74, 6) is -4.08. The van der Waals surface area contributed by atoms with Crippen LogP contribution in [0.1, 0.15) is 5.56 Å². The van der Waals surface area contributed by atoms with Gasteiger partial charge in [0.05, 0.1) is 11.8 Å². The molecule has 0 aliphatic carbocycles. The highest BCUT2D eigenvalue weighted by Crippen LogP contribution is 2.20. The smallest absolute Gasteiger partial charge is 0.222 e. The van der Waals surface area contributed by atoms with E-state index in [1.165, 1.54) is 6.20 Å². The topological polar surface area (TPSA) is 37.3 Å². The number of pyridine rings is 1. The molecule has 1 N–H and O–H groups in total. The first-order valence-electron chi connectivity index (χ1n) is 5.22. The third-order valence-corrected chi connectivity index (χ3v) is 3.21. The molecule has 1 heterocycles. The van der Waals surface area contributed by atoms with Gasteiger partial charge < -0.3 is 0 Å². The average Bonchev–Trinajstić information content (AvgIpc) is 2.35. The molecular weight excluding hydrogens is 389 g/mol. The molecule has 0 bridgehead atoms. The number of hydrogen-bond donors (Lipinski definition) is 1. The Morgan fingerprint density at radius 3 is 2.40 bits per heavy atom. The molecule has 0 saturated carbocycles. The minimum atomic E-state index is -1.14. The van der Waals surface area contributed by atoms with Crippen LogP contribution in [0.25, 0.3) is 0 Å². The van der Waals surface area contributed by atoms with Crippen molar-refractivity contribution in [1.82, 2.24) is 4.98 Å². The molecule has 8 heteroatoms. The maximum Gasteiger partial charge on any atom is 0.222 e. The molecule has 104 valence electrons. The predicted octanol–water partition coefficient (Wildman–Crippen LogP) is 3.69. The molecule has 0 spiro atoms. The summed E-state index contributed by atoms with van der Waals surface area (Å²) in [6, 6.07) is 2.56. The molecule has 0 aliphatic heterocycles. The Bertz CT molecular complexity index is 632. The molecule has 0 saturated heterocycles. The largest absolute Gasteiger partial charge is 0.273 e. The van der Waals surface area contributed by atoms with Crippen LogP contribution in [0.5, 0.6) is 0 Å². The van der Waals surface area contributed by atoms with Crippen molar-refractivity contribution >= 4 is 34.5 Å². The summed E-state index contributed by atoms with van der Waals surface area (Å²) in [4.78, 5) is 3.42. The number of rotatable bonds is 3. The van der Waals surface area contributed by atoms with Gasteiger partial charge in [0.15, 0.2) is 11.6 Å². The molecule has 1 aromatic carbocycles. The lowest BCUT2D eigenvalue weighted by atomic mass is 10.3. The molecule has 3 nitrogen and oxygen atoms in total. The number of hydrazone groups is 1. The van der Waals surface area contributed by atoms with Crippen LogP contribution in [-0.4, -0.2) is 11.2 Å². The highest BCUT2D eigenvalue weighted by atomic mass is 127. The van der Waals surface area contributed by atoms with Crippen LogP contribution in [0, 0.1) is 27.0 Å². The van der Waals surface area contributed by atoms with Crippen LogP contribution in [0.15, 0.2) is 29.5 Å². The zero-order valence-electron chi connectivity index (χ0n) is 9.67. The van der Waals surface area contributed by atoms with E-state index in [9.17, 15) is 17.6 Å². The summed E-state index contributed by atoms with van der Waals surface area (Å²) in [6.45, 7) is 0. The number of aromatic nitrogens is 1. The molecular formula is C12H6F4IN3. The van der Waals surface area contributed by atoms with Crippen molar-refractivity contribution in [1.29, 1.82) is 0 Å². The molecule has 2 aromatic rings. The summed E-state index contributed by atoms with van der Waals surface area (Å²) >= 11 is 1.86. The Hall–Kier alpha value is -1.71. The van der Waals surface area contributed by atoms with Crippen molar-refractivity contribution < 1.29 is 17.6 Å². The highest BCUT2D eigenvalue weighted by Gasteiger charge is 2.11. The summed E-state index contributed by atoms with van der Waals surface area (Å²) in [6.07, 6.45) is 2.31. The van der Waals surface area contributed by atoms with E-state index in [0.717, 1.165) is 6.21 Å². The fourth-order valence-corrected chi connectivity index (χ4v) is 1.87. The Labute approximate surface area is 124 Å². The van der Waals surface area contributed by atoms with E-state index in [0.29, 0.717) is 15.7 Å². The third-order valence-electron chi connectivity index (χ3n) is 2.27. The van der Waals surface area contributed by atoms with Crippen molar-refractivity contribution in [3.63, 3.8) is 0 Å². The normalized spacial score (nSPS) is 11.1. The standard InChI is InChI=1S/C12H6F4IN3/c13-6-3-8(14)11(9(15)4-6)20-19-5-7-10(17)1-2-18-12(7)16/h1-5,20H/b19-5-. The van der Waals surface area contributed by atoms with Gasteiger partial charge in [0.1, 0.15) is 11.5 Å². The quantitative estimate of drug-likeness (QED) is 0.283. The van der Waals surface area contributed by atoms with E-state index in [1.807, 2.05) is 22.6 Å². The number of nitrogens with zero attached hydrogens (tertiary/aromatic N) is 2. The van der Waals surface area contributed by atoms with Gasteiger partial charge >= 0.3 is 0 Å². The van der Waals surface area contributed by atoms with Gasteiger partial charge in [-0.25, -0.2) is 18.2 Å². The van der Waals surface area contributed by atoms with E-state index in [-0.39, 0.29) is 5.56 Å². The second-order valence-electron chi connectivity index (χ2n) is 3.61. The van der Waals surface area contributed by atoms with Crippen molar-refractivity contribution in [3.05, 3.63) is 56.9 Å². The van der Waals surface area contributed by atoms with Gasteiger partial charge in [-0.05, 0) is 28.7 Å². The fourth-order valence-electron chi connectivity index (χ4n) is 1.35. The molecule has 0 unspecified atom stereocenters. The van der Waals surface area contributed by atoms with Crippen LogP contribution in [-0.2, 0) is 0 Å². The number of nitrogens with one attached hydrogen (secondary N) is 1. The molecule has 0 aliphatic rings. The minimum Gasteiger partial charge on any atom is -0.273 e. The highest BCUT2D eigenvalue weighted by molar-refractivity contribution is 14.1. The van der Waals surface area contributed by atoms with Gasteiger partial charge in [-0.1, -0.05) is 0 Å². The van der Waals surface area contributed by atoms with E-state index in [2.05, 4.69) is 15.5 Å². The minimum absolute atomic E-state index is 0.0727. The lowest BCUT2D eigenvalue weighted by Gasteiger charge is -2.04. The third kappa shape index (κ3) is 3.24. The number of halogens is 5. The van der Waals surface area contributed by atoms with E-state index in [1.54, 1.807) is 6.07 Å². The molecule has 20 heavy (non-hydrogen) atoms. The lowest BCUT2D eigenvalue weighted by molar-refractivity contribution is 0.547. The first-order chi connectivity index (χ1) is 9.49. The number of hydrogen-bond acceptors (Lipinski definition) is 3. The summed E-state index contributed by atoms with van der Waals surface area (Å²) in [5.41, 5.74) is 1.52. The fraction of sp³-hybridized carbons (Fsp3) is 0. The average molecular weight is 395 g/mol. The van der Waals surface area contributed by atoms with E-state index < -0.39 is 29.1 Å². The van der Waals surface area contributed by atoms with Crippen LogP contribution >= 0.6 is 22.6 Å². The maximum absolute atomic E-state index is 13.4. The van der Waals surface area contributed by atoms with Gasteiger partial charge in [-0.3, -0.25) is 5.43 Å². The van der Waals surface area contributed by atoms with Crippen LogP contribution in [0.3, 0.4) is 0 Å². The Morgan fingerprint density at radius 2 is 1.80 bits per heavy atom. The van der Waals surface area contributed by atoms with Gasteiger partial charge in [-0.2, -0.15) is 9.49 Å². The SMILES string of the molecule is Fc1cc(F)c(N/N=C\c2c(I)ccnc2F)c(F)c1. The van der Waals surface area contributed by atoms with Crippen LogP contribution < -0.4 is 5.43 Å². The van der Waals surface area contributed by atoms with E-state index in [4.69, 9.17) is 0 Å². The number of benzene rings is 1. The van der Waals surface area contributed by atoms with Crippen LogP contribution in [0.4, 0.5) is 23.2 Å². The monoisotopic (exact) mass is 395 g/mol. The predicted molar refractivity (Wildman–Crippen MR) is 74.4 cm³/mol. The zero-order chi connectivity index (χ0) is 14.7. The summed E-state index contributed by atoms with van der Waals surface area (Å²) in [7, 11) is 0. The van der Waals surface area contributed by atoms with Gasteiger partial charge in [0.2, 0.25) is 5.95 Å². The van der Waals surface area contributed by atoms with Crippen LogP contribution in [0.2, 0.25) is 0 Å². The molecule has 0 atom stereocenters. The first-order valence-corrected chi connectivity index (χ1v) is 6.30. The van der Waals surface area contributed by atoms with Crippen molar-refractivity contribution in [2.45, 2.75) is 0 Å². The Morgan fingerprint density at radius 1 is 1.15 bits per heavy atom. The molecule has 0 amide bonds. The summed E-state index contributed by atoms with van der Waals surface area (Å²) < 4.78 is 53.2. The Balaban J connectivity index is 2.23. The van der Waals surface area contributed by atoms with Crippen molar-refractivity contribution in [2.75, 3.05) is 5.43 Å².